The Morgan fingerprint density at radius 1 is 1.20 bits per heavy atom. The number of carbonyl (C=O) groups excluding carboxylic acids is 1. The Bertz CT molecular complexity index is 980. The number of fused-ring (bicyclic) bond motifs is 5. The minimum atomic E-state index is -1.06. The van der Waals surface area contributed by atoms with Gasteiger partial charge in [0.25, 0.3) is 5.91 Å². The Morgan fingerprint density at radius 2 is 1.91 bits per heavy atom. The number of aliphatic carboxylic acids is 1. The van der Waals surface area contributed by atoms with Gasteiger partial charge >= 0.3 is 5.97 Å². The molecule has 3 N–H and O–H groups in total. The lowest BCUT2D eigenvalue weighted by molar-refractivity contribution is -0.143. The van der Waals surface area contributed by atoms with Gasteiger partial charge in [0.2, 0.25) is 0 Å². The first kappa shape index (κ1) is 25.8. The van der Waals surface area contributed by atoms with Crippen LogP contribution in [0.4, 0.5) is 0 Å². The molecule has 35 heavy (non-hydrogen) atoms. The second-order valence-electron chi connectivity index (χ2n) is 12.0. The summed E-state index contributed by atoms with van der Waals surface area (Å²) in [6.45, 7) is 7.80. The maximum Gasteiger partial charge on any atom is 0.326 e. The standard InChI is InChI=1S/C28H40N2O5/c1-6-28(34)14-11-22-20-8-7-18-15-19(9-12-26(18,4)21(20)10-13-27(22,28)5)30-35-16-23(31)29-24(17(2)3)25(32)33/h1,15,17,20-22,24,34H,7-14,16H2,2-5H3,(H,29,31)(H,32,33)/b30-19-/t20-,21+,22+,24+,26+,27+,28-/m1/s1. The third-order valence-corrected chi connectivity index (χ3v) is 9.99. The van der Waals surface area contributed by atoms with Gasteiger partial charge in [0.1, 0.15) is 11.6 Å². The number of carbonyl (C=O) groups is 2. The zero-order valence-electron chi connectivity index (χ0n) is 21.5. The number of aliphatic hydroxyl groups is 1. The summed E-state index contributed by atoms with van der Waals surface area (Å²) in [5.74, 6) is 2.62. The molecule has 192 valence electrons. The molecule has 4 rings (SSSR count). The average molecular weight is 485 g/mol. The van der Waals surface area contributed by atoms with E-state index in [2.05, 4.69) is 36.3 Å². The fraction of sp³-hybridized carbons (Fsp3) is 0.750. The van der Waals surface area contributed by atoms with Gasteiger partial charge in [0.15, 0.2) is 6.61 Å². The fourth-order valence-electron chi connectivity index (χ4n) is 7.80. The van der Waals surface area contributed by atoms with Gasteiger partial charge in [-0.15, -0.1) is 6.42 Å². The molecule has 7 heteroatoms. The first-order valence-electron chi connectivity index (χ1n) is 13.1. The van der Waals surface area contributed by atoms with E-state index in [1.54, 1.807) is 13.8 Å². The number of allylic oxidation sites excluding steroid dienone is 2. The number of hydrogen-bond acceptors (Lipinski definition) is 5. The van der Waals surface area contributed by atoms with Gasteiger partial charge in [-0.1, -0.05) is 44.3 Å². The van der Waals surface area contributed by atoms with Crippen molar-refractivity contribution in [1.82, 2.24) is 5.32 Å². The van der Waals surface area contributed by atoms with Crippen LogP contribution >= 0.6 is 0 Å². The minimum Gasteiger partial charge on any atom is -0.480 e. The van der Waals surface area contributed by atoms with Gasteiger partial charge in [-0.2, -0.15) is 0 Å². The van der Waals surface area contributed by atoms with Gasteiger partial charge < -0.3 is 20.4 Å². The smallest absolute Gasteiger partial charge is 0.326 e. The number of nitrogens with one attached hydrogen (secondary N) is 1. The molecular formula is C28H40N2O5. The Hall–Kier alpha value is -2.33. The number of hydrogen-bond donors (Lipinski definition) is 3. The van der Waals surface area contributed by atoms with Crippen LogP contribution in [0.15, 0.2) is 16.8 Å². The Balaban J connectivity index is 1.41. The highest BCUT2D eigenvalue weighted by molar-refractivity contribution is 5.96. The highest BCUT2D eigenvalue weighted by atomic mass is 16.6. The van der Waals surface area contributed by atoms with Gasteiger partial charge in [-0.05, 0) is 86.5 Å². The van der Waals surface area contributed by atoms with E-state index in [1.165, 1.54) is 5.57 Å². The fourth-order valence-corrected chi connectivity index (χ4v) is 7.80. The van der Waals surface area contributed by atoms with E-state index >= 15 is 0 Å². The van der Waals surface area contributed by atoms with Crippen LogP contribution in [0.2, 0.25) is 0 Å². The molecule has 3 saturated carbocycles. The molecule has 0 spiro atoms. The molecule has 0 saturated heterocycles. The number of amides is 1. The highest BCUT2D eigenvalue weighted by Crippen LogP contribution is 2.67. The SMILES string of the molecule is C#C[C@@]1(O)CC[C@H]2[C@@H]3CCC4=C/C(=N\OCC(=O)N[C@H](C(=O)O)C(C)C)CC[C@]4(C)[C@H]3CC[C@@]21C. The van der Waals surface area contributed by atoms with E-state index in [1.807, 2.05) is 0 Å². The number of carboxylic acids is 1. The molecule has 3 fully saturated rings. The predicted octanol–water partition coefficient (Wildman–Crippen LogP) is 3.91. The van der Waals surface area contributed by atoms with Crippen molar-refractivity contribution in [2.75, 3.05) is 6.61 Å². The number of oxime groups is 1. The summed E-state index contributed by atoms with van der Waals surface area (Å²) < 4.78 is 0. The number of terminal acetylenes is 1. The third kappa shape index (κ3) is 4.28. The van der Waals surface area contributed by atoms with E-state index in [4.69, 9.17) is 11.3 Å². The topological polar surface area (TPSA) is 108 Å². The maximum absolute atomic E-state index is 12.1. The van der Waals surface area contributed by atoms with E-state index in [-0.39, 0.29) is 23.4 Å². The van der Waals surface area contributed by atoms with Crippen molar-refractivity contribution in [3.63, 3.8) is 0 Å². The third-order valence-electron chi connectivity index (χ3n) is 9.99. The summed E-state index contributed by atoms with van der Waals surface area (Å²) in [4.78, 5) is 28.7. The van der Waals surface area contributed by atoms with Crippen molar-refractivity contribution in [1.29, 1.82) is 0 Å². The van der Waals surface area contributed by atoms with Crippen LogP contribution in [0.5, 0.6) is 0 Å². The molecule has 0 radical (unpaired) electrons. The summed E-state index contributed by atoms with van der Waals surface area (Å²) in [5, 5.41) is 27.1. The zero-order valence-corrected chi connectivity index (χ0v) is 21.5. The Labute approximate surface area is 208 Å². The Kier molecular flexibility index (Phi) is 6.83. The van der Waals surface area contributed by atoms with E-state index in [0.717, 1.165) is 50.7 Å². The largest absolute Gasteiger partial charge is 0.480 e. The number of carboxylic acid groups (broad SMARTS) is 1. The first-order chi connectivity index (χ1) is 16.4. The molecule has 4 aliphatic carbocycles. The molecular weight excluding hydrogens is 444 g/mol. The van der Waals surface area contributed by atoms with Crippen LogP contribution in [-0.4, -0.2) is 46.1 Å². The van der Waals surface area contributed by atoms with Crippen LogP contribution < -0.4 is 5.32 Å². The van der Waals surface area contributed by atoms with E-state index < -0.39 is 23.5 Å². The molecule has 0 aromatic heterocycles. The van der Waals surface area contributed by atoms with Crippen LogP contribution in [-0.2, 0) is 14.4 Å². The zero-order chi connectivity index (χ0) is 25.6. The van der Waals surface area contributed by atoms with E-state index in [9.17, 15) is 19.8 Å². The monoisotopic (exact) mass is 484 g/mol. The van der Waals surface area contributed by atoms with Gasteiger partial charge in [0, 0.05) is 5.41 Å². The number of nitrogens with zero attached hydrogens (tertiary/aromatic N) is 1. The lowest BCUT2D eigenvalue weighted by Gasteiger charge is -2.58. The average Bonchev–Trinajstić information content (AvgIpc) is 3.08. The summed E-state index contributed by atoms with van der Waals surface area (Å²) in [5.41, 5.74) is 1.20. The van der Waals surface area contributed by atoms with Crippen LogP contribution in [0, 0.1) is 46.8 Å². The van der Waals surface area contributed by atoms with Crippen LogP contribution in [0.25, 0.3) is 0 Å². The second-order valence-corrected chi connectivity index (χ2v) is 12.0. The molecule has 7 atom stereocenters. The lowest BCUT2D eigenvalue weighted by atomic mass is 9.46. The summed E-state index contributed by atoms with van der Waals surface area (Å²) >= 11 is 0. The molecule has 0 aliphatic heterocycles. The lowest BCUT2D eigenvalue weighted by Crippen LogP contribution is -2.54. The molecule has 0 unspecified atom stereocenters. The second kappa shape index (κ2) is 9.28. The molecule has 0 aromatic carbocycles. The number of rotatable bonds is 6. The van der Waals surface area contributed by atoms with Gasteiger partial charge in [0.05, 0.1) is 5.71 Å². The predicted molar refractivity (Wildman–Crippen MR) is 133 cm³/mol. The normalized spacial score (nSPS) is 40.1. The summed E-state index contributed by atoms with van der Waals surface area (Å²) in [6, 6.07) is -0.944. The highest BCUT2D eigenvalue weighted by Gasteiger charge is 2.63. The summed E-state index contributed by atoms with van der Waals surface area (Å²) in [6.07, 6.45) is 15.6. The van der Waals surface area contributed by atoms with Gasteiger partial charge in [-0.3, -0.25) is 4.79 Å². The van der Waals surface area contributed by atoms with Crippen molar-refractivity contribution < 1.29 is 24.6 Å². The molecule has 0 bridgehead atoms. The van der Waals surface area contributed by atoms with Crippen LogP contribution in [0.1, 0.15) is 79.1 Å². The van der Waals surface area contributed by atoms with E-state index in [0.29, 0.717) is 24.2 Å². The molecule has 0 aromatic rings. The quantitative estimate of drug-likeness (QED) is 0.391. The molecule has 4 aliphatic rings. The van der Waals surface area contributed by atoms with Crippen molar-refractivity contribution >= 4 is 17.6 Å². The van der Waals surface area contributed by atoms with Gasteiger partial charge in [-0.25, -0.2) is 4.79 Å². The van der Waals surface area contributed by atoms with Crippen molar-refractivity contribution in [3.05, 3.63) is 11.6 Å². The molecule has 7 nitrogen and oxygen atoms in total. The summed E-state index contributed by atoms with van der Waals surface area (Å²) in [7, 11) is 0. The van der Waals surface area contributed by atoms with Crippen molar-refractivity contribution in [2.24, 2.45) is 39.7 Å². The first-order valence-corrected chi connectivity index (χ1v) is 13.1. The molecule has 1 amide bonds. The minimum absolute atomic E-state index is 0.115. The van der Waals surface area contributed by atoms with Crippen molar-refractivity contribution in [3.8, 4) is 12.3 Å². The van der Waals surface area contributed by atoms with Crippen molar-refractivity contribution in [2.45, 2.75) is 90.7 Å². The van der Waals surface area contributed by atoms with Crippen LogP contribution in [0.3, 0.4) is 0 Å². The molecule has 0 heterocycles. The Morgan fingerprint density at radius 3 is 2.57 bits per heavy atom. The maximum atomic E-state index is 12.1.